The summed E-state index contributed by atoms with van der Waals surface area (Å²) in [4.78, 5) is 9.71. The van der Waals surface area contributed by atoms with Crippen LogP contribution in [0.3, 0.4) is 0 Å². The molecular formula is C20H23N3O2. The zero-order valence-electron chi connectivity index (χ0n) is 14.2. The Labute approximate surface area is 147 Å². The Kier molecular flexibility index (Phi) is 4.42. The van der Waals surface area contributed by atoms with Crippen molar-refractivity contribution in [3.63, 3.8) is 0 Å². The molecule has 0 unspecified atom stereocenters. The standard InChI is InChI=1S/C20H23N3O2/c24-20(14-25-17-5-2-1-3-6-17)9-4-10-23(13-20)12-16-7-8-18-19(11-16)22-15-21-18/h1-3,5-8,11,15,24H,4,9-10,12-14H2,(H,21,22)/t20-/m1/s1. The molecule has 5 heteroatoms. The Morgan fingerprint density at radius 1 is 1.20 bits per heavy atom. The van der Waals surface area contributed by atoms with Gasteiger partial charge >= 0.3 is 0 Å². The number of β-amino-alcohol motifs (C(OH)–C–C–N with tert-alkyl or cyclic N) is 1. The van der Waals surface area contributed by atoms with Crippen LogP contribution in [-0.2, 0) is 6.54 Å². The summed E-state index contributed by atoms with van der Waals surface area (Å²) >= 11 is 0. The molecule has 2 aromatic carbocycles. The lowest BCUT2D eigenvalue weighted by atomic mass is 9.93. The topological polar surface area (TPSA) is 61.4 Å². The summed E-state index contributed by atoms with van der Waals surface area (Å²) in [5.74, 6) is 0.803. The molecule has 2 heterocycles. The molecule has 3 aromatic rings. The third-order valence-electron chi connectivity index (χ3n) is 4.78. The molecule has 1 aliphatic rings. The number of nitrogens with zero attached hydrogens (tertiary/aromatic N) is 2. The number of para-hydroxylation sites is 1. The van der Waals surface area contributed by atoms with E-state index in [2.05, 4.69) is 27.0 Å². The lowest BCUT2D eigenvalue weighted by Crippen LogP contribution is -2.51. The van der Waals surface area contributed by atoms with E-state index in [9.17, 15) is 5.11 Å². The van der Waals surface area contributed by atoms with Gasteiger partial charge in [-0.3, -0.25) is 4.90 Å². The van der Waals surface area contributed by atoms with E-state index in [1.165, 1.54) is 5.56 Å². The van der Waals surface area contributed by atoms with E-state index in [4.69, 9.17) is 4.74 Å². The summed E-state index contributed by atoms with van der Waals surface area (Å²) in [5.41, 5.74) is 2.46. The van der Waals surface area contributed by atoms with Crippen LogP contribution in [0.4, 0.5) is 0 Å². The molecule has 5 nitrogen and oxygen atoms in total. The van der Waals surface area contributed by atoms with Crippen molar-refractivity contribution >= 4 is 11.0 Å². The van der Waals surface area contributed by atoms with Gasteiger partial charge in [-0.25, -0.2) is 4.98 Å². The van der Waals surface area contributed by atoms with Crippen LogP contribution in [0.2, 0.25) is 0 Å². The molecule has 0 radical (unpaired) electrons. The van der Waals surface area contributed by atoms with Crippen LogP contribution in [0.15, 0.2) is 54.9 Å². The molecular weight excluding hydrogens is 314 g/mol. The fraction of sp³-hybridized carbons (Fsp3) is 0.350. The van der Waals surface area contributed by atoms with Crippen LogP contribution in [-0.4, -0.2) is 45.3 Å². The number of nitrogens with one attached hydrogen (secondary N) is 1. The highest BCUT2D eigenvalue weighted by Crippen LogP contribution is 2.24. The van der Waals surface area contributed by atoms with Gasteiger partial charge < -0.3 is 14.8 Å². The Balaban J connectivity index is 1.39. The van der Waals surface area contributed by atoms with Gasteiger partial charge in [0.25, 0.3) is 0 Å². The van der Waals surface area contributed by atoms with Crippen molar-refractivity contribution in [2.45, 2.75) is 25.0 Å². The van der Waals surface area contributed by atoms with Crippen molar-refractivity contribution in [2.24, 2.45) is 0 Å². The van der Waals surface area contributed by atoms with Gasteiger partial charge in [-0.05, 0) is 49.2 Å². The third-order valence-corrected chi connectivity index (χ3v) is 4.78. The second-order valence-corrected chi connectivity index (χ2v) is 6.89. The van der Waals surface area contributed by atoms with Gasteiger partial charge in [0.2, 0.25) is 0 Å². The number of benzene rings is 2. The summed E-state index contributed by atoms with van der Waals surface area (Å²) in [6.07, 6.45) is 3.46. The lowest BCUT2D eigenvalue weighted by Gasteiger charge is -2.39. The Morgan fingerprint density at radius 3 is 2.96 bits per heavy atom. The number of aromatic amines is 1. The first-order valence-electron chi connectivity index (χ1n) is 8.75. The van der Waals surface area contributed by atoms with Crippen LogP contribution in [0, 0.1) is 0 Å². The number of ether oxygens (including phenoxy) is 1. The number of likely N-dealkylation sites (tertiary alicyclic amines) is 1. The van der Waals surface area contributed by atoms with Crippen molar-refractivity contribution in [2.75, 3.05) is 19.7 Å². The maximum atomic E-state index is 10.9. The molecule has 2 N–H and O–H groups in total. The smallest absolute Gasteiger partial charge is 0.119 e. The minimum Gasteiger partial charge on any atom is -0.491 e. The minimum atomic E-state index is -0.799. The van der Waals surface area contributed by atoms with Crippen LogP contribution in [0.25, 0.3) is 11.0 Å². The Bertz CT molecular complexity index is 833. The number of hydrogen-bond donors (Lipinski definition) is 2. The van der Waals surface area contributed by atoms with E-state index in [0.717, 1.165) is 42.7 Å². The normalized spacial score (nSPS) is 21.5. The van der Waals surface area contributed by atoms with Crippen LogP contribution >= 0.6 is 0 Å². The number of rotatable bonds is 5. The number of hydrogen-bond acceptors (Lipinski definition) is 4. The van der Waals surface area contributed by atoms with Gasteiger partial charge in [0.15, 0.2) is 0 Å². The summed E-state index contributed by atoms with van der Waals surface area (Å²) in [5, 5.41) is 10.9. The first-order valence-corrected chi connectivity index (χ1v) is 8.75. The molecule has 1 aromatic heterocycles. The van der Waals surface area contributed by atoms with Gasteiger partial charge in [-0.1, -0.05) is 24.3 Å². The van der Waals surface area contributed by atoms with E-state index >= 15 is 0 Å². The fourth-order valence-electron chi connectivity index (χ4n) is 3.53. The highest BCUT2D eigenvalue weighted by Gasteiger charge is 2.34. The second-order valence-electron chi connectivity index (χ2n) is 6.89. The van der Waals surface area contributed by atoms with E-state index in [1.807, 2.05) is 36.4 Å². The molecule has 1 aliphatic heterocycles. The molecule has 130 valence electrons. The van der Waals surface area contributed by atoms with Crippen molar-refractivity contribution in [1.82, 2.24) is 14.9 Å². The summed E-state index contributed by atoms with van der Waals surface area (Å²) in [6.45, 7) is 2.77. The van der Waals surface area contributed by atoms with Crippen LogP contribution in [0.5, 0.6) is 5.75 Å². The number of aromatic nitrogens is 2. The molecule has 0 saturated carbocycles. The molecule has 0 bridgehead atoms. The van der Waals surface area contributed by atoms with E-state index in [0.29, 0.717) is 13.2 Å². The van der Waals surface area contributed by atoms with E-state index in [1.54, 1.807) is 6.33 Å². The van der Waals surface area contributed by atoms with Crippen molar-refractivity contribution < 1.29 is 9.84 Å². The van der Waals surface area contributed by atoms with Crippen molar-refractivity contribution in [3.8, 4) is 5.75 Å². The summed E-state index contributed by atoms with van der Waals surface area (Å²) < 4.78 is 5.80. The number of piperidine rings is 1. The zero-order valence-corrected chi connectivity index (χ0v) is 14.2. The maximum absolute atomic E-state index is 10.9. The van der Waals surface area contributed by atoms with Crippen LogP contribution < -0.4 is 4.74 Å². The number of fused-ring (bicyclic) bond motifs is 1. The average molecular weight is 337 g/mol. The van der Waals surface area contributed by atoms with Crippen LogP contribution in [0.1, 0.15) is 18.4 Å². The third kappa shape index (κ3) is 3.83. The number of aliphatic hydroxyl groups is 1. The van der Waals surface area contributed by atoms with Crippen molar-refractivity contribution in [1.29, 1.82) is 0 Å². The SMILES string of the molecule is O[C@]1(COc2ccccc2)CCCN(Cc2ccc3nc[nH]c3c2)C1. The predicted octanol–water partition coefficient (Wildman–Crippen LogP) is 2.97. The maximum Gasteiger partial charge on any atom is 0.119 e. The molecule has 0 amide bonds. The molecule has 0 aliphatic carbocycles. The average Bonchev–Trinajstić information content (AvgIpc) is 3.09. The molecule has 1 saturated heterocycles. The van der Waals surface area contributed by atoms with Crippen molar-refractivity contribution in [3.05, 3.63) is 60.4 Å². The highest BCUT2D eigenvalue weighted by atomic mass is 16.5. The Morgan fingerprint density at radius 2 is 2.08 bits per heavy atom. The largest absolute Gasteiger partial charge is 0.491 e. The molecule has 1 atom stereocenters. The van der Waals surface area contributed by atoms with Gasteiger partial charge in [0.1, 0.15) is 18.0 Å². The van der Waals surface area contributed by atoms with Gasteiger partial charge in [-0.15, -0.1) is 0 Å². The first-order chi connectivity index (χ1) is 12.2. The fourth-order valence-corrected chi connectivity index (χ4v) is 3.53. The quantitative estimate of drug-likeness (QED) is 0.751. The minimum absolute atomic E-state index is 0.326. The second kappa shape index (κ2) is 6.86. The predicted molar refractivity (Wildman–Crippen MR) is 97.5 cm³/mol. The van der Waals surface area contributed by atoms with Gasteiger partial charge in [0.05, 0.1) is 17.4 Å². The number of imidazole rings is 1. The summed E-state index contributed by atoms with van der Waals surface area (Å²) in [6, 6.07) is 16.0. The molecule has 4 rings (SSSR count). The molecule has 1 fully saturated rings. The van der Waals surface area contributed by atoms with Gasteiger partial charge in [0, 0.05) is 13.1 Å². The number of H-pyrrole nitrogens is 1. The molecule has 0 spiro atoms. The highest BCUT2D eigenvalue weighted by molar-refractivity contribution is 5.74. The van der Waals surface area contributed by atoms with E-state index < -0.39 is 5.60 Å². The van der Waals surface area contributed by atoms with Gasteiger partial charge in [-0.2, -0.15) is 0 Å². The zero-order chi connectivity index (χ0) is 17.1. The van der Waals surface area contributed by atoms with E-state index in [-0.39, 0.29) is 0 Å². The molecule has 25 heavy (non-hydrogen) atoms. The lowest BCUT2D eigenvalue weighted by molar-refractivity contribution is -0.0621. The monoisotopic (exact) mass is 337 g/mol. The summed E-state index contributed by atoms with van der Waals surface area (Å²) in [7, 11) is 0. The first kappa shape index (κ1) is 16.1. The Hall–Kier alpha value is -2.37.